The predicted octanol–water partition coefficient (Wildman–Crippen LogP) is 3.77. The van der Waals surface area contributed by atoms with Gasteiger partial charge in [-0.3, -0.25) is 0 Å². The van der Waals surface area contributed by atoms with Gasteiger partial charge in [-0.25, -0.2) is 4.98 Å². The molecule has 0 amide bonds. The van der Waals surface area contributed by atoms with Crippen molar-refractivity contribution < 1.29 is 0 Å². The zero-order valence-corrected chi connectivity index (χ0v) is 11.7. The van der Waals surface area contributed by atoms with Gasteiger partial charge in [0.2, 0.25) is 0 Å². The Morgan fingerprint density at radius 1 is 1.29 bits per heavy atom. The van der Waals surface area contributed by atoms with E-state index in [1.165, 1.54) is 4.88 Å². The summed E-state index contributed by atoms with van der Waals surface area (Å²) in [5, 5.41) is 1.70. The van der Waals surface area contributed by atoms with E-state index in [0.29, 0.717) is 0 Å². The van der Waals surface area contributed by atoms with Crippen LogP contribution < -0.4 is 5.73 Å². The zero-order chi connectivity index (χ0) is 12.6. The Morgan fingerprint density at radius 3 is 2.53 bits per heavy atom. The smallest absolute Gasteiger partial charge is 0.114 e. The van der Waals surface area contributed by atoms with E-state index in [2.05, 4.69) is 11.9 Å². The lowest BCUT2D eigenvalue weighted by molar-refractivity contribution is 0.851. The molecule has 0 aliphatic rings. The largest absolute Gasteiger partial charge is 0.318 e. The highest BCUT2D eigenvalue weighted by molar-refractivity contribution is 7.11. The van der Waals surface area contributed by atoms with Gasteiger partial charge >= 0.3 is 0 Å². The first-order valence-electron chi connectivity index (χ1n) is 5.44. The molecule has 0 bridgehead atoms. The maximum absolute atomic E-state index is 6.21. The van der Waals surface area contributed by atoms with E-state index in [4.69, 9.17) is 17.3 Å². The molecule has 2 nitrogen and oxygen atoms in total. The fourth-order valence-electron chi connectivity index (χ4n) is 1.58. The summed E-state index contributed by atoms with van der Waals surface area (Å²) < 4.78 is 0. The summed E-state index contributed by atoms with van der Waals surface area (Å²) >= 11 is 7.76. The zero-order valence-electron chi connectivity index (χ0n) is 10.1. The normalized spacial score (nSPS) is 12.8. The van der Waals surface area contributed by atoms with Crippen molar-refractivity contribution in [2.45, 2.75) is 26.8 Å². The van der Waals surface area contributed by atoms with Crippen molar-refractivity contribution in [1.29, 1.82) is 0 Å². The van der Waals surface area contributed by atoms with Crippen LogP contribution in [-0.2, 0) is 0 Å². The van der Waals surface area contributed by atoms with Gasteiger partial charge in [0.15, 0.2) is 0 Å². The van der Waals surface area contributed by atoms with Gasteiger partial charge < -0.3 is 5.73 Å². The quantitative estimate of drug-likeness (QED) is 0.899. The number of halogens is 1. The summed E-state index contributed by atoms with van der Waals surface area (Å²) in [6.07, 6.45) is 0. The number of rotatable bonds is 2. The molecule has 0 spiro atoms. The van der Waals surface area contributed by atoms with Gasteiger partial charge in [0, 0.05) is 9.90 Å². The highest BCUT2D eigenvalue weighted by atomic mass is 35.5. The van der Waals surface area contributed by atoms with Gasteiger partial charge in [-0.1, -0.05) is 23.7 Å². The van der Waals surface area contributed by atoms with Crippen LogP contribution in [-0.4, -0.2) is 4.98 Å². The molecule has 1 aromatic carbocycles. The molecule has 1 aromatic heterocycles. The van der Waals surface area contributed by atoms with Gasteiger partial charge in [-0.05, 0) is 38.0 Å². The van der Waals surface area contributed by atoms with Crippen LogP contribution in [0.5, 0.6) is 0 Å². The second kappa shape index (κ2) is 4.77. The Kier molecular flexibility index (Phi) is 3.52. The van der Waals surface area contributed by atoms with Gasteiger partial charge in [0.25, 0.3) is 0 Å². The second-order valence-corrected chi connectivity index (χ2v) is 5.82. The standard InChI is InChI=1S/C13H15ClN2S/c1-7-4-5-10(6-11(7)14)12(15)13-16-8(2)9(3)17-13/h4-6,12H,15H2,1-3H3. The van der Waals surface area contributed by atoms with Crippen LogP contribution in [0.2, 0.25) is 5.02 Å². The topological polar surface area (TPSA) is 38.9 Å². The summed E-state index contributed by atoms with van der Waals surface area (Å²) in [6, 6.07) is 5.74. The maximum atomic E-state index is 6.21. The highest BCUT2D eigenvalue weighted by Crippen LogP contribution is 2.28. The Hall–Kier alpha value is -0.900. The van der Waals surface area contributed by atoms with Crippen molar-refractivity contribution in [3.63, 3.8) is 0 Å². The average molecular weight is 267 g/mol. The van der Waals surface area contributed by atoms with Crippen molar-refractivity contribution in [3.8, 4) is 0 Å². The van der Waals surface area contributed by atoms with E-state index in [9.17, 15) is 0 Å². The first-order chi connectivity index (χ1) is 7.99. The molecule has 2 rings (SSSR count). The monoisotopic (exact) mass is 266 g/mol. The van der Waals surface area contributed by atoms with Crippen LogP contribution >= 0.6 is 22.9 Å². The number of hydrogen-bond acceptors (Lipinski definition) is 3. The number of thiazole rings is 1. The molecule has 1 atom stereocenters. The Balaban J connectivity index is 2.36. The molecule has 17 heavy (non-hydrogen) atoms. The summed E-state index contributed by atoms with van der Waals surface area (Å²) in [6.45, 7) is 6.05. The molecule has 0 fully saturated rings. The van der Waals surface area contributed by atoms with Gasteiger partial charge in [-0.2, -0.15) is 0 Å². The van der Waals surface area contributed by atoms with Crippen LogP contribution in [0.15, 0.2) is 18.2 Å². The third-order valence-corrected chi connectivity index (χ3v) is 4.43. The van der Waals surface area contributed by atoms with E-state index in [-0.39, 0.29) is 6.04 Å². The molecule has 0 saturated carbocycles. The molecule has 0 aliphatic carbocycles. The second-order valence-electron chi connectivity index (χ2n) is 4.18. The van der Waals surface area contributed by atoms with Crippen LogP contribution in [0.1, 0.15) is 32.7 Å². The number of aryl methyl sites for hydroxylation is 3. The molecular weight excluding hydrogens is 252 g/mol. The molecule has 0 radical (unpaired) electrons. The van der Waals surface area contributed by atoms with Crippen molar-refractivity contribution in [2.75, 3.05) is 0 Å². The molecule has 2 aromatic rings. The van der Waals surface area contributed by atoms with E-state index in [1.807, 2.05) is 32.0 Å². The first-order valence-corrected chi connectivity index (χ1v) is 6.64. The molecule has 2 N–H and O–H groups in total. The Bertz CT molecular complexity index is 529. The minimum Gasteiger partial charge on any atom is -0.318 e. The minimum absolute atomic E-state index is 0.189. The van der Waals surface area contributed by atoms with Gasteiger partial charge in [-0.15, -0.1) is 11.3 Å². The molecular formula is C13H15ClN2S. The van der Waals surface area contributed by atoms with Crippen molar-refractivity contribution in [1.82, 2.24) is 4.98 Å². The van der Waals surface area contributed by atoms with E-state index < -0.39 is 0 Å². The lowest BCUT2D eigenvalue weighted by Gasteiger charge is -2.10. The van der Waals surface area contributed by atoms with E-state index in [0.717, 1.165) is 26.9 Å². The number of nitrogens with zero attached hydrogens (tertiary/aromatic N) is 1. The Labute approximate surface area is 110 Å². The van der Waals surface area contributed by atoms with Crippen LogP contribution in [0.25, 0.3) is 0 Å². The summed E-state index contributed by atoms with van der Waals surface area (Å²) in [4.78, 5) is 5.71. The predicted molar refractivity (Wildman–Crippen MR) is 73.8 cm³/mol. The van der Waals surface area contributed by atoms with E-state index >= 15 is 0 Å². The Morgan fingerprint density at radius 2 is 2.00 bits per heavy atom. The third kappa shape index (κ3) is 2.51. The lowest BCUT2D eigenvalue weighted by Crippen LogP contribution is -2.11. The SMILES string of the molecule is Cc1ccc(C(N)c2nc(C)c(C)s2)cc1Cl. The summed E-state index contributed by atoms with van der Waals surface area (Å²) in [5.41, 5.74) is 9.33. The molecule has 90 valence electrons. The fraction of sp³-hybridized carbons (Fsp3) is 0.308. The first kappa shape index (κ1) is 12.6. The molecule has 1 heterocycles. The fourth-order valence-corrected chi connectivity index (χ4v) is 2.72. The number of aromatic nitrogens is 1. The highest BCUT2D eigenvalue weighted by Gasteiger charge is 2.15. The summed E-state index contributed by atoms with van der Waals surface area (Å²) in [5.74, 6) is 0. The van der Waals surface area contributed by atoms with Crippen LogP contribution in [0.4, 0.5) is 0 Å². The van der Waals surface area contributed by atoms with Gasteiger partial charge in [0.1, 0.15) is 5.01 Å². The number of nitrogens with two attached hydrogens (primary N) is 1. The molecule has 4 heteroatoms. The number of benzene rings is 1. The maximum Gasteiger partial charge on any atom is 0.114 e. The van der Waals surface area contributed by atoms with E-state index in [1.54, 1.807) is 11.3 Å². The third-order valence-electron chi connectivity index (χ3n) is 2.87. The van der Waals surface area contributed by atoms with Crippen molar-refractivity contribution >= 4 is 22.9 Å². The van der Waals surface area contributed by atoms with Crippen molar-refractivity contribution in [3.05, 3.63) is 49.9 Å². The van der Waals surface area contributed by atoms with Crippen molar-refractivity contribution in [2.24, 2.45) is 5.73 Å². The molecule has 0 saturated heterocycles. The average Bonchev–Trinajstić information content (AvgIpc) is 2.62. The molecule has 1 unspecified atom stereocenters. The minimum atomic E-state index is -0.189. The van der Waals surface area contributed by atoms with Gasteiger partial charge in [0.05, 0.1) is 11.7 Å². The van der Waals surface area contributed by atoms with Crippen LogP contribution in [0.3, 0.4) is 0 Å². The lowest BCUT2D eigenvalue weighted by atomic mass is 10.1. The van der Waals surface area contributed by atoms with Crippen LogP contribution in [0, 0.1) is 20.8 Å². The number of hydrogen-bond donors (Lipinski definition) is 1. The summed E-state index contributed by atoms with van der Waals surface area (Å²) in [7, 11) is 0. The molecule has 0 aliphatic heterocycles.